The number of aliphatic imine (C=N–C) groups is 1. The van der Waals surface area contributed by atoms with Gasteiger partial charge in [0.15, 0.2) is 11.8 Å². The Hall–Kier alpha value is -2.02. The minimum Gasteiger partial charge on any atom is -0.357 e. The molecule has 7 heteroatoms. The van der Waals surface area contributed by atoms with Crippen LogP contribution in [0.1, 0.15) is 38.7 Å². The third-order valence-electron chi connectivity index (χ3n) is 4.51. The smallest absolute Gasteiger partial charge is 0.191 e. The van der Waals surface area contributed by atoms with Crippen LogP contribution in [0.25, 0.3) is 11.4 Å². The van der Waals surface area contributed by atoms with E-state index in [0.717, 1.165) is 34.7 Å². The summed E-state index contributed by atoms with van der Waals surface area (Å²) in [5.74, 6) is 2.89. The highest BCUT2D eigenvalue weighted by Gasteiger charge is 2.25. The highest BCUT2D eigenvalue weighted by molar-refractivity contribution is 7.99. The van der Waals surface area contributed by atoms with Gasteiger partial charge in [-0.3, -0.25) is 5.10 Å². The van der Waals surface area contributed by atoms with E-state index in [1.54, 1.807) is 0 Å². The number of thioether (sulfide) groups is 1. The molecule has 0 radical (unpaired) electrons. The van der Waals surface area contributed by atoms with Crippen molar-refractivity contribution in [1.82, 2.24) is 25.8 Å². The van der Waals surface area contributed by atoms with Crippen LogP contribution >= 0.6 is 11.8 Å². The molecule has 0 spiro atoms. The van der Waals surface area contributed by atoms with E-state index >= 15 is 0 Å². The first-order valence-electron chi connectivity index (χ1n) is 9.39. The van der Waals surface area contributed by atoms with E-state index < -0.39 is 0 Å². The standard InChI is InChI=1S/C19H28N6S/c1-3-20-19(24-16-8-9-17(11-16)26-4-2)21-12-14-6-5-7-15(10-14)18-22-13-23-25-18/h5-7,10,13,16-17H,3-4,8-9,11-12H2,1-2H3,(H2,20,21,24)(H,22,23,25). The fourth-order valence-electron chi connectivity index (χ4n) is 3.30. The van der Waals surface area contributed by atoms with Gasteiger partial charge in [-0.15, -0.1) is 0 Å². The van der Waals surface area contributed by atoms with Crippen LogP contribution in [0.2, 0.25) is 0 Å². The molecule has 1 fully saturated rings. The lowest BCUT2D eigenvalue weighted by Gasteiger charge is -2.17. The molecule has 1 saturated carbocycles. The average Bonchev–Trinajstić information content (AvgIpc) is 3.33. The van der Waals surface area contributed by atoms with Crippen LogP contribution in [-0.2, 0) is 6.54 Å². The molecule has 2 atom stereocenters. The van der Waals surface area contributed by atoms with Crippen molar-refractivity contribution >= 4 is 17.7 Å². The number of benzene rings is 1. The Morgan fingerprint density at radius 1 is 1.35 bits per heavy atom. The molecule has 3 N–H and O–H groups in total. The Bertz CT molecular complexity index is 700. The second-order valence-electron chi connectivity index (χ2n) is 6.46. The van der Waals surface area contributed by atoms with Crippen LogP contribution in [0.15, 0.2) is 35.6 Å². The zero-order valence-electron chi connectivity index (χ0n) is 15.5. The van der Waals surface area contributed by atoms with Crippen LogP contribution in [-0.4, -0.2) is 44.7 Å². The highest BCUT2D eigenvalue weighted by Crippen LogP contribution is 2.29. The molecule has 2 unspecified atom stereocenters. The van der Waals surface area contributed by atoms with Gasteiger partial charge in [-0.25, -0.2) is 9.98 Å². The predicted octanol–water partition coefficient (Wildman–Crippen LogP) is 3.20. The van der Waals surface area contributed by atoms with E-state index in [0.29, 0.717) is 12.6 Å². The van der Waals surface area contributed by atoms with E-state index in [1.807, 2.05) is 12.1 Å². The largest absolute Gasteiger partial charge is 0.357 e. The number of aromatic amines is 1. The number of nitrogens with zero attached hydrogens (tertiary/aromatic N) is 3. The lowest BCUT2D eigenvalue weighted by Crippen LogP contribution is -2.42. The number of hydrogen-bond donors (Lipinski definition) is 3. The second-order valence-corrected chi connectivity index (χ2v) is 8.04. The number of nitrogens with one attached hydrogen (secondary N) is 3. The molecule has 1 aromatic carbocycles. The zero-order valence-corrected chi connectivity index (χ0v) is 16.4. The van der Waals surface area contributed by atoms with Crippen molar-refractivity contribution in [2.45, 2.75) is 50.9 Å². The first kappa shape index (κ1) is 18.8. The molecule has 3 rings (SSSR count). The summed E-state index contributed by atoms with van der Waals surface area (Å²) in [5, 5.41) is 14.6. The van der Waals surface area contributed by atoms with E-state index in [-0.39, 0.29) is 0 Å². The van der Waals surface area contributed by atoms with E-state index in [4.69, 9.17) is 4.99 Å². The summed E-state index contributed by atoms with van der Waals surface area (Å²) in [4.78, 5) is 9.00. The number of H-pyrrole nitrogens is 1. The third-order valence-corrected chi connectivity index (χ3v) is 5.74. The molecule has 1 heterocycles. The average molecular weight is 373 g/mol. The number of guanidine groups is 1. The lowest BCUT2D eigenvalue weighted by molar-refractivity contribution is 0.615. The fraction of sp³-hybridized carbons (Fsp3) is 0.526. The number of hydrogen-bond acceptors (Lipinski definition) is 4. The van der Waals surface area contributed by atoms with Gasteiger partial charge in [-0.1, -0.05) is 25.1 Å². The Balaban J connectivity index is 1.61. The zero-order chi connectivity index (χ0) is 18.2. The Labute approximate surface area is 159 Å². The molecule has 0 aliphatic heterocycles. The Morgan fingerprint density at radius 3 is 3.04 bits per heavy atom. The molecule has 26 heavy (non-hydrogen) atoms. The van der Waals surface area contributed by atoms with Crippen molar-refractivity contribution in [2.24, 2.45) is 4.99 Å². The van der Waals surface area contributed by atoms with Crippen molar-refractivity contribution in [3.8, 4) is 11.4 Å². The van der Waals surface area contributed by atoms with Gasteiger partial charge in [0.1, 0.15) is 6.33 Å². The van der Waals surface area contributed by atoms with Crippen LogP contribution in [0, 0.1) is 0 Å². The molecule has 0 amide bonds. The number of rotatable bonds is 7. The summed E-state index contributed by atoms with van der Waals surface area (Å²) in [7, 11) is 0. The third kappa shape index (κ3) is 5.24. The van der Waals surface area contributed by atoms with Gasteiger partial charge in [0.25, 0.3) is 0 Å². The Morgan fingerprint density at radius 2 is 2.27 bits per heavy atom. The van der Waals surface area contributed by atoms with E-state index in [1.165, 1.54) is 31.3 Å². The van der Waals surface area contributed by atoms with Crippen LogP contribution < -0.4 is 10.6 Å². The molecule has 2 aromatic rings. The van der Waals surface area contributed by atoms with Gasteiger partial charge < -0.3 is 10.6 Å². The van der Waals surface area contributed by atoms with Gasteiger partial charge >= 0.3 is 0 Å². The molecule has 0 bridgehead atoms. The molecule has 1 aromatic heterocycles. The molecule has 140 valence electrons. The molecule has 1 aliphatic carbocycles. The van der Waals surface area contributed by atoms with Crippen molar-refractivity contribution in [3.05, 3.63) is 36.2 Å². The van der Waals surface area contributed by atoms with Gasteiger partial charge in [0, 0.05) is 23.4 Å². The van der Waals surface area contributed by atoms with Gasteiger partial charge in [-0.2, -0.15) is 16.9 Å². The van der Waals surface area contributed by atoms with E-state index in [2.05, 4.69) is 63.6 Å². The predicted molar refractivity (Wildman–Crippen MR) is 109 cm³/mol. The van der Waals surface area contributed by atoms with Crippen molar-refractivity contribution in [2.75, 3.05) is 12.3 Å². The van der Waals surface area contributed by atoms with Gasteiger partial charge in [-0.05, 0) is 43.6 Å². The minimum absolute atomic E-state index is 0.525. The van der Waals surface area contributed by atoms with Crippen LogP contribution in [0.5, 0.6) is 0 Å². The van der Waals surface area contributed by atoms with Crippen LogP contribution in [0.3, 0.4) is 0 Å². The highest BCUT2D eigenvalue weighted by atomic mass is 32.2. The van der Waals surface area contributed by atoms with Crippen molar-refractivity contribution in [3.63, 3.8) is 0 Å². The van der Waals surface area contributed by atoms with Crippen molar-refractivity contribution in [1.29, 1.82) is 0 Å². The quantitative estimate of drug-likeness (QED) is 0.514. The van der Waals surface area contributed by atoms with Crippen molar-refractivity contribution < 1.29 is 0 Å². The first-order chi connectivity index (χ1) is 12.8. The molecular weight excluding hydrogens is 344 g/mol. The number of aromatic nitrogens is 3. The molecular formula is C19H28N6S. The normalized spacial score (nSPS) is 20.3. The maximum Gasteiger partial charge on any atom is 0.191 e. The lowest BCUT2D eigenvalue weighted by atomic mass is 10.1. The fourth-order valence-corrected chi connectivity index (χ4v) is 4.45. The summed E-state index contributed by atoms with van der Waals surface area (Å²) in [6.07, 6.45) is 5.28. The molecule has 0 saturated heterocycles. The first-order valence-corrected chi connectivity index (χ1v) is 10.4. The summed E-state index contributed by atoms with van der Waals surface area (Å²) in [5.41, 5.74) is 2.19. The van der Waals surface area contributed by atoms with E-state index in [9.17, 15) is 0 Å². The molecule has 1 aliphatic rings. The Kier molecular flexibility index (Phi) is 6.94. The maximum absolute atomic E-state index is 4.78. The summed E-state index contributed by atoms with van der Waals surface area (Å²) in [6.45, 7) is 5.84. The summed E-state index contributed by atoms with van der Waals surface area (Å²) >= 11 is 2.08. The summed E-state index contributed by atoms with van der Waals surface area (Å²) in [6, 6.07) is 8.79. The monoisotopic (exact) mass is 372 g/mol. The van der Waals surface area contributed by atoms with Gasteiger partial charge in [0.2, 0.25) is 0 Å². The summed E-state index contributed by atoms with van der Waals surface area (Å²) < 4.78 is 0. The SMILES string of the molecule is CCNC(=NCc1cccc(-c2ncn[nH]2)c1)NC1CCC(SCC)C1. The van der Waals surface area contributed by atoms with Crippen LogP contribution in [0.4, 0.5) is 0 Å². The van der Waals surface area contributed by atoms with Gasteiger partial charge in [0.05, 0.1) is 6.54 Å². The molecule has 6 nitrogen and oxygen atoms in total. The maximum atomic E-state index is 4.78. The second kappa shape index (κ2) is 9.62. The minimum atomic E-state index is 0.525. The topological polar surface area (TPSA) is 78.0 Å².